The Hall–Kier alpha value is -2.41. The van der Waals surface area contributed by atoms with Crippen LogP contribution in [0.1, 0.15) is 5.69 Å². The van der Waals surface area contributed by atoms with Gasteiger partial charge in [-0.2, -0.15) is 13.2 Å². The zero-order chi connectivity index (χ0) is 15.7. The normalized spacial score (nSPS) is 11.6. The van der Waals surface area contributed by atoms with Crippen LogP contribution in [0.4, 0.5) is 13.2 Å². The van der Waals surface area contributed by atoms with Gasteiger partial charge in [-0.05, 0) is 18.2 Å². The number of nitrogens with zero attached hydrogens (tertiary/aromatic N) is 4. The number of halogens is 4. The van der Waals surface area contributed by atoms with Gasteiger partial charge in [0.1, 0.15) is 6.33 Å². The third kappa shape index (κ3) is 2.94. The Morgan fingerprint density at radius 1 is 1.09 bits per heavy atom. The number of imidazole rings is 1. The standard InChI is InChI=1S/C14H8ClF3N4/c15-10-3-1-2-9(6-10)11-7-12(14(16,17)18)21-13(20-11)22-5-4-19-8-22/h1-8H. The van der Waals surface area contributed by atoms with Crippen LogP contribution in [0.5, 0.6) is 0 Å². The van der Waals surface area contributed by atoms with Crippen LogP contribution in [-0.4, -0.2) is 19.5 Å². The van der Waals surface area contributed by atoms with Gasteiger partial charge in [-0.1, -0.05) is 23.7 Å². The molecule has 2 heterocycles. The summed E-state index contributed by atoms with van der Waals surface area (Å²) in [6, 6.07) is 7.34. The molecule has 22 heavy (non-hydrogen) atoms. The minimum absolute atomic E-state index is 0.109. The highest BCUT2D eigenvalue weighted by molar-refractivity contribution is 6.30. The van der Waals surface area contributed by atoms with E-state index in [9.17, 15) is 13.2 Å². The maximum Gasteiger partial charge on any atom is 0.433 e. The van der Waals surface area contributed by atoms with Crippen LogP contribution in [0.25, 0.3) is 17.2 Å². The fraction of sp³-hybridized carbons (Fsp3) is 0.0714. The summed E-state index contributed by atoms with van der Waals surface area (Å²) >= 11 is 5.88. The first-order chi connectivity index (χ1) is 10.4. The lowest BCUT2D eigenvalue weighted by Crippen LogP contribution is -2.12. The van der Waals surface area contributed by atoms with Gasteiger partial charge in [0.2, 0.25) is 5.95 Å². The molecule has 0 N–H and O–H groups in total. The third-order valence-corrected chi connectivity index (χ3v) is 3.10. The van der Waals surface area contributed by atoms with Gasteiger partial charge >= 0.3 is 6.18 Å². The average molecular weight is 325 g/mol. The largest absolute Gasteiger partial charge is 0.433 e. The first kappa shape index (κ1) is 14.5. The van der Waals surface area contributed by atoms with Gasteiger partial charge in [-0.15, -0.1) is 0 Å². The van der Waals surface area contributed by atoms with Crippen molar-refractivity contribution in [1.29, 1.82) is 0 Å². The third-order valence-electron chi connectivity index (χ3n) is 2.86. The van der Waals surface area contributed by atoms with Crippen LogP contribution in [0.15, 0.2) is 49.1 Å². The smallest absolute Gasteiger partial charge is 0.274 e. The first-order valence-electron chi connectivity index (χ1n) is 6.14. The number of hydrogen-bond acceptors (Lipinski definition) is 3. The summed E-state index contributed by atoms with van der Waals surface area (Å²) in [5.74, 6) is -0.109. The van der Waals surface area contributed by atoms with Crippen molar-refractivity contribution in [2.45, 2.75) is 6.18 Å². The molecule has 0 unspecified atom stereocenters. The van der Waals surface area contributed by atoms with Gasteiger partial charge < -0.3 is 0 Å². The second kappa shape index (κ2) is 5.42. The highest BCUT2D eigenvalue weighted by atomic mass is 35.5. The Bertz CT molecular complexity index is 800. The van der Waals surface area contributed by atoms with Crippen molar-refractivity contribution in [1.82, 2.24) is 19.5 Å². The van der Waals surface area contributed by atoms with Crippen LogP contribution in [-0.2, 0) is 6.18 Å². The van der Waals surface area contributed by atoms with E-state index in [0.29, 0.717) is 10.6 Å². The minimum atomic E-state index is -4.58. The van der Waals surface area contributed by atoms with E-state index in [-0.39, 0.29) is 11.6 Å². The lowest BCUT2D eigenvalue weighted by molar-refractivity contribution is -0.141. The van der Waals surface area contributed by atoms with E-state index in [1.165, 1.54) is 23.3 Å². The van der Waals surface area contributed by atoms with Gasteiger partial charge in [-0.25, -0.2) is 15.0 Å². The number of benzene rings is 1. The fourth-order valence-corrected chi connectivity index (χ4v) is 2.06. The maximum absolute atomic E-state index is 13.0. The van der Waals surface area contributed by atoms with Gasteiger partial charge in [0.15, 0.2) is 5.69 Å². The molecule has 0 aliphatic rings. The molecule has 3 aromatic rings. The number of rotatable bonds is 2. The highest BCUT2D eigenvalue weighted by Gasteiger charge is 2.34. The summed E-state index contributed by atoms with van der Waals surface area (Å²) in [6.07, 6.45) is -0.344. The predicted molar refractivity (Wildman–Crippen MR) is 74.6 cm³/mol. The van der Waals surface area contributed by atoms with Crippen LogP contribution >= 0.6 is 11.6 Å². The van der Waals surface area contributed by atoms with Crippen LogP contribution in [0.3, 0.4) is 0 Å². The van der Waals surface area contributed by atoms with Crippen LogP contribution in [0, 0.1) is 0 Å². The van der Waals surface area contributed by atoms with Crippen molar-refractivity contribution in [3.05, 3.63) is 59.8 Å². The number of aromatic nitrogens is 4. The molecule has 4 nitrogen and oxygen atoms in total. The number of hydrogen-bond donors (Lipinski definition) is 0. The van der Waals surface area contributed by atoms with Gasteiger partial charge in [0.05, 0.1) is 5.69 Å². The van der Waals surface area contributed by atoms with Crippen molar-refractivity contribution < 1.29 is 13.2 Å². The summed E-state index contributed by atoms with van der Waals surface area (Å²) in [6.45, 7) is 0. The lowest BCUT2D eigenvalue weighted by atomic mass is 10.1. The van der Waals surface area contributed by atoms with Gasteiger partial charge in [0.25, 0.3) is 0 Å². The molecule has 0 saturated carbocycles. The molecule has 0 amide bonds. The molecule has 2 aromatic heterocycles. The van der Waals surface area contributed by atoms with Crippen LogP contribution in [0.2, 0.25) is 5.02 Å². The second-order valence-corrected chi connectivity index (χ2v) is 4.85. The molecule has 0 radical (unpaired) electrons. The fourth-order valence-electron chi connectivity index (χ4n) is 1.87. The SMILES string of the molecule is FC(F)(F)c1cc(-c2cccc(Cl)c2)nc(-n2ccnc2)n1. The Labute approximate surface area is 128 Å². The molecule has 3 rings (SSSR count). The molecule has 0 aliphatic heterocycles. The molecule has 8 heteroatoms. The van der Waals surface area contributed by atoms with E-state index in [4.69, 9.17) is 11.6 Å². The minimum Gasteiger partial charge on any atom is -0.274 e. The van der Waals surface area contributed by atoms with E-state index in [1.807, 2.05) is 0 Å². The molecule has 0 spiro atoms. The molecule has 0 atom stereocenters. The van der Waals surface area contributed by atoms with E-state index in [0.717, 1.165) is 6.07 Å². The van der Waals surface area contributed by atoms with Crippen molar-refractivity contribution in [2.24, 2.45) is 0 Å². The monoisotopic (exact) mass is 324 g/mol. The molecular weight excluding hydrogens is 317 g/mol. The van der Waals surface area contributed by atoms with Crippen molar-refractivity contribution in [3.8, 4) is 17.2 Å². The molecule has 0 bridgehead atoms. The highest BCUT2D eigenvalue weighted by Crippen LogP contribution is 2.31. The van der Waals surface area contributed by atoms with Crippen molar-refractivity contribution in [3.63, 3.8) is 0 Å². The molecule has 0 saturated heterocycles. The summed E-state index contributed by atoms with van der Waals surface area (Å²) in [4.78, 5) is 11.5. The van der Waals surface area contributed by atoms with E-state index < -0.39 is 11.9 Å². The van der Waals surface area contributed by atoms with Gasteiger partial charge in [-0.3, -0.25) is 4.57 Å². The van der Waals surface area contributed by atoms with Crippen molar-refractivity contribution >= 4 is 11.6 Å². The Morgan fingerprint density at radius 2 is 1.91 bits per heavy atom. The van der Waals surface area contributed by atoms with Crippen LogP contribution < -0.4 is 0 Å². The maximum atomic E-state index is 13.0. The molecule has 0 fully saturated rings. The quantitative estimate of drug-likeness (QED) is 0.715. The van der Waals surface area contributed by atoms with E-state index in [2.05, 4.69) is 15.0 Å². The summed E-state index contributed by atoms with van der Waals surface area (Å²) in [5.41, 5.74) is -0.420. The first-order valence-corrected chi connectivity index (χ1v) is 6.52. The Morgan fingerprint density at radius 3 is 2.55 bits per heavy atom. The predicted octanol–water partition coefficient (Wildman–Crippen LogP) is 4.00. The molecule has 0 aliphatic carbocycles. The average Bonchev–Trinajstić information content (AvgIpc) is 3.00. The summed E-state index contributed by atoms with van der Waals surface area (Å²) in [5, 5.41) is 0.411. The van der Waals surface area contributed by atoms with Crippen molar-refractivity contribution in [2.75, 3.05) is 0 Å². The molecular formula is C14H8ClF3N4. The Balaban J connectivity index is 2.20. The second-order valence-electron chi connectivity index (χ2n) is 4.42. The number of alkyl halides is 3. The lowest BCUT2D eigenvalue weighted by Gasteiger charge is -2.11. The van der Waals surface area contributed by atoms with E-state index >= 15 is 0 Å². The van der Waals surface area contributed by atoms with E-state index in [1.54, 1.807) is 24.3 Å². The van der Waals surface area contributed by atoms with Gasteiger partial charge in [0, 0.05) is 23.0 Å². The summed E-state index contributed by atoms with van der Waals surface area (Å²) < 4.78 is 40.4. The molecule has 1 aromatic carbocycles. The zero-order valence-corrected chi connectivity index (χ0v) is 11.7. The topological polar surface area (TPSA) is 43.6 Å². The Kier molecular flexibility index (Phi) is 3.58. The molecule has 112 valence electrons. The summed E-state index contributed by atoms with van der Waals surface area (Å²) in [7, 11) is 0. The zero-order valence-electron chi connectivity index (χ0n) is 10.9.